The first-order chi connectivity index (χ1) is 9.15. The van der Waals surface area contributed by atoms with Gasteiger partial charge in [0, 0.05) is 6.07 Å². The fraction of sp³-hybridized carbons (Fsp3) is 0.143. The maximum atomic E-state index is 12.3. The van der Waals surface area contributed by atoms with Crippen LogP contribution in [0.4, 0.5) is 5.69 Å². The van der Waals surface area contributed by atoms with Crippen molar-refractivity contribution in [3.63, 3.8) is 0 Å². The van der Waals surface area contributed by atoms with Crippen LogP contribution in [0, 0.1) is 0 Å². The Kier molecular flexibility index (Phi) is 3.66. The van der Waals surface area contributed by atoms with E-state index in [9.17, 15) is 4.79 Å². The van der Waals surface area contributed by atoms with Gasteiger partial charge in [0.05, 0.1) is 31.7 Å². The molecule has 0 bridgehead atoms. The van der Waals surface area contributed by atoms with E-state index < -0.39 is 0 Å². The average molecular weight is 258 g/mol. The number of hydrogen-bond donors (Lipinski definition) is 1. The Balaban J connectivity index is 2.40. The summed E-state index contributed by atoms with van der Waals surface area (Å²) >= 11 is 0. The van der Waals surface area contributed by atoms with Gasteiger partial charge < -0.3 is 15.2 Å². The fourth-order valence-corrected chi connectivity index (χ4v) is 1.66. The summed E-state index contributed by atoms with van der Waals surface area (Å²) in [7, 11) is 3.06. The van der Waals surface area contributed by atoms with Crippen LogP contribution in [0.3, 0.4) is 0 Å². The Bertz CT molecular complexity index is 594. The molecule has 1 heterocycles. The van der Waals surface area contributed by atoms with Gasteiger partial charge in [-0.05, 0) is 24.3 Å². The molecule has 2 rings (SSSR count). The maximum absolute atomic E-state index is 12.3. The van der Waals surface area contributed by atoms with Crippen LogP contribution in [0.2, 0.25) is 0 Å². The number of nitrogens with two attached hydrogens (primary N) is 1. The lowest BCUT2D eigenvalue weighted by molar-refractivity contribution is 0.103. The Hall–Kier alpha value is -2.56. The van der Waals surface area contributed by atoms with Crippen molar-refractivity contribution in [1.29, 1.82) is 0 Å². The van der Waals surface area contributed by atoms with Gasteiger partial charge in [0.2, 0.25) is 5.78 Å². The molecule has 0 saturated heterocycles. The van der Waals surface area contributed by atoms with E-state index in [0.717, 1.165) is 0 Å². The van der Waals surface area contributed by atoms with Crippen LogP contribution in [-0.2, 0) is 0 Å². The molecule has 0 atom stereocenters. The number of hydrogen-bond acceptors (Lipinski definition) is 5. The summed E-state index contributed by atoms with van der Waals surface area (Å²) in [5.74, 6) is 0.848. The summed E-state index contributed by atoms with van der Waals surface area (Å²) in [5.41, 5.74) is 6.81. The van der Waals surface area contributed by atoms with Gasteiger partial charge in [-0.25, -0.2) is 0 Å². The smallest absolute Gasteiger partial charge is 0.215 e. The number of carbonyl (C=O) groups is 1. The minimum Gasteiger partial charge on any atom is -0.497 e. The molecule has 0 aliphatic carbocycles. The molecular formula is C14H14N2O3. The van der Waals surface area contributed by atoms with Gasteiger partial charge in [-0.15, -0.1) is 0 Å². The lowest BCUT2D eigenvalue weighted by Gasteiger charge is -2.09. The minimum atomic E-state index is -0.223. The van der Waals surface area contributed by atoms with E-state index in [4.69, 9.17) is 15.2 Å². The molecule has 0 aliphatic rings. The van der Waals surface area contributed by atoms with Crippen LogP contribution in [0.5, 0.6) is 11.5 Å². The van der Waals surface area contributed by atoms with Crippen LogP contribution in [-0.4, -0.2) is 25.0 Å². The van der Waals surface area contributed by atoms with Crippen molar-refractivity contribution in [2.45, 2.75) is 0 Å². The standard InChI is InChI=1S/C14H14N2O3/c1-18-10-4-5-11(13(7-10)19-2)14(17)12-6-3-9(15)8-16-12/h3-8H,15H2,1-2H3. The summed E-state index contributed by atoms with van der Waals surface area (Å²) in [5, 5.41) is 0. The summed E-state index contributed by atoms with van der Waals surface area (Å²) in [4.78, 5) is 16.3. The molecule has 98 valence electrons. The van der Waals surface area contributed by atoms with Gasteiger partial charge in [0.25, 0.3) is 0 Å². The highest BCUT2D eigenvalue weighted by atomic mass is 16.5. The zero-order valence-corrected chi connectivity index (χ0v) is 10.7. The van der Waals surface area contributed by atoms with Gasteiger partial charge in [0.15, 0.2) is 0 Å². The summed E-state index contributed by atoms with van der Waals surface area (Å²) in [6.45, 7) is 0. The fourth-order valence-electron chi connectivity index (χ4n) is 1.66. The molecule has 2 N–H and O–H groups in total. The largest absolute Gasteiger partial charge is 0.497 e. The summed E-state index contributed by atoms with van der Waals surface area (Å²) < 4.78 is 10.3. The van der Waals surface area contributed by atoms with Crippen molar-refractivity contribution in [1.82, 2.24) is 4.98 Å². The van der Waals surface area contributed by atoms with E-state index in [1.807, 2.05) is 0 Å². The van der Waals surface area contributed by atoms with E-state index >= 15 is 0 Å². The van der Waals surface area contributed by atoms with E-state index in [1.54, 1.807) is 37.4 Å². The molecule has 5 nitrogen and oxygen atoms in total. The van der Waals surface area contributed by atoms with Crippen molar-refractivity contribution in [2.24, 2.45) is 0 Å². The highest BCUT2D eigenvalue weighted by Gasteiger charge is 2.16. The van der Waals surface area contributed by atoms with Crippen molar-refractivity contribution in [3.8, 4) is 11.5 Å². The molecule has 0 radical (unpaired) electrons. The second-order valence-electron chi connectivity index (χ2n) is 3.87. The van der Waals surface area contributed by atoms with E-state index in [-0.39, 0.29) is 5.78 Å². The number of aromatic nitrogens is 1. The number of carbonyl (C=O) groups excluding carboxylic acids is 1. The number of nitrogens with zero attached hydrogens (tertiary/aromatic N) is 1. The minimum absolute atomic E-state index is 0.223. The molecule has 5 heteroatoms. The number of rotatable bonds is 4. The third-order valence-electron chi connectivity index (χ3n) is 2.67. The molecule has 0 aliphatic heterocycles. The number of benzene rings is 1. The molecule has 0 amide bonds. The topological polar surface area (TPSA) is 74.4 Å². The number of anilines is 1. The molecule has 0 fully saturated rings. The van der Waals surface area contributed by atoms with Crippen molar-refractivity contribution >= 4 is 11.5 Å². The van der Waals surface area contributed by atoms with E-state index in [2.05, 4.69) is 4.98 Å². The van der Waals surface area contributed by atoms with Crippen LogP contribution in [0.25, 0.3) is 0 Å². The molecule has 0 saturated carbocycles. The van der Waals surface area contributed by atoms with E-state index in [1.165, 1.54) is 13.3 Å². The first kappa shape index (κ1) is 12.9. The summed E-state index contributed by atoms with van der Waals surface area (Å²) in [6, 6.07) is 8.23. The number of nitrogen functional groups attached to an aromatic ring is 1. The molecule has 19 heavy (non-hydrogen) atoms. The first-order valence-corrected chi connectivity index (χ1v) is 5.64. The van der Waals surface area contributed by atoms with Crippen molar-refractivity contribution < 1.29 is 14.3 Å². The number of pyridine rings is 1. The highest BCUT2D eigenvalue weighted by molar-refractivity contribution is 6.09. The third-order valence-corrected chi connectivity index (χ3v) is 2.67. The van der Waals surface area contributed by atoms with Crippen LogP contribution >= 0.6 is 0 Å². The quantitative estimate of drug-likeness (QED) is 0.848. The van der Waals surface area contributed by atoms with Gasteiger partial charge >= 0.3 is 0 Å². The monoisotopic (exact) mass is 258 g/mol. The van der Waals surface area contributed by atoms with Crippen molar-refractivity contribution in [2.75, 3.05) is 20.0 Å². The molecule has 1 aromatic carbocycles. The second kappa shape index (κ2) is 5.39. The Morgan fingerprint density at radius 2 is 1.95 bits per heavy atom. The van der Waals surface area contributed by atoms with Gasteiger partial charge in [-0.1, -0.05) is 0 Å². The van der Waals surface area contributed by atoms with Crippen molar-refractivity contribution in [3.05, 3.63) is 47.8 Å². The van der Waals surface area contributed by atoms with Gasteiger partial charge in [-0.2, -0.15) is 0 Å². The number of ether oxygens (including phenoxy) is 2. The second-order valence-corrected chi connectivity index (χ2v) is 3.87. The molecule has 0 spiro atoms. The molecule has 1 aromatic heterocycles. The highest BCUT2D eigenvalue weighted by Crippen LogP contribution is 2.26. The molecule has 0 unspecified atom stereocenters. The molecular weight excluding hydrogens is 244 g/mol. The third kappa shape index (κ3) is 2.65. The number of methoxy groups -OCH3 is 2. The van der Waals surface area contributed by atoms with E-state index in [0.29, 0.717) is 28.4 Å². The first-order valence-electron chi connectivity index (χ1n) is 5.64. The Morgan fingerprint density at radius 1 is 1.16 bits per heavy atom. The average Bonchev–Trinajstić information content (AvgIpc) is 2.46. The zero-order valence-electron chi connectivity index (χ0n) is 10.7. The molecule has 2 aromatic rings. The van der Waals surface area contributed by atoms with Gasteiger partial charge in [-0.3, -0.25) is 9.78 Å². The zero-order chi connectivity index (χ0) is 13.8. The Labute approximate surface area is 111 Å². The Morgan fingerprint density at radius 3 is 2.53 bits per heavy atom. The van der Waals surface area contributed by atoms with Crippen LogP contribution in [0.1, 0.15) is 16.1 Å². The lowest BCUT2D eigenvalue weighted by Crippen LogP contribution is -2.06. The predicted octanol–water partition coefficient (Wildman–Crippen LogP) is 1.91. The predicted molar refractivity (Wildman–Crippen MR) is 71.6 cm³/mol. The van der Waals surface area contributed by atoms with Crippen LogP contribution in [0.15, 0.2) is 36.5 Å². The SMILES string of the molecule is COc1ccc(C(=O)c2ccc(N)cn2)c(OC)c1. The summed E-state index contributed by atoms with van der Waals surface area (Å²) in [6.07, 6.45) is 1.45. The van der Waals surface area contributed by atoms with Gasteiger partial charge in [0.1, 0.15) is 17.2 Å². The lowest BCUT2D eigenvalue weighted by atomic mass is 10.1. The normalized spacial score (nSPS) is 10.0. The maximum Gasteiger partial charge on any atom is 0.215 e. The van der Waals surface area contributed by atoms with Crippen LogP contribution < -0.4 is 15.2 Å². The number of ketones is 1.